The third kappa shape index (κ3) is 3.44. The van der Waals surface area contributed by atoms with Gasteiger partial charge >= 0.3 is 0 Å². The van der Waals surface area contributed by atoms with E-state index in [9.17, 15) is 0 Å². The van der Waals surface area contributed by atoms with Crippen molar-refractivity contribution in [2.75, 3.05) is 5.32 Å². The van der Waals surface area contributed by atoms with Gasteiger partial charge in [0.25, 0.3) is 0 Å². The topological polar surface area (TPSA) is 67.7 Å². The molecular weight excluding hydrogens is 414 g/mol. The molecular formula is C19H19BrClN5. The lowest BCUT2D eigenvalue weighted by molar-refractivity contribution is 0.754. The maximum atomic E-state index is 6.36. The van der Waals surface area contributed by atoms with Gasteiger partial charge in [-0.15, -0.1) is 0 Å². The number of halogens is 2. The molecule has 1 aromatic carbocycles. The molecule has 0 atom stereocenters. The van der Waals surface area contributed by atoms with Crippen molar-refractivity contribution in [2.24, 2.45) is 10.7 Å². The van der Waals surface area contributed by atoms with Crippen molar-refractivity contribution in [3.8, 4) is 0 Å². The first-order valence-electron chi connectivity index (χ1n) is 8.64. The van der Waals surface area contributed by atoms with Crippen LogP contribution in [0.1, 0.15) is 31.2 Å². The van der Waals surface area contributed by atoms with Crippen LogP contribution in [0.2, 0.25) is 5.02 Å². The number of nitrogens with two attached hydrogens (primary N) is 1. The van der Waals surface area contributed by atoms with Gasteiger partial charge in [-0.2, -0.15) is 5.10 Å². The largest absolute Gasteiger partial charge is 0.383 e. The van der Waals surface area contributed by atoms with E-state index in [0.29, 0.717) is 22.6 Å². The standard InChI is InChI=1S/C19H19BrClN5/c20-12-9-17-18(24-13-5-1-2-6-13)14(10-23-26(17)11-12)19(22)25-16-8-4-3-7-15(16)21/h3-4,7-11,13,24H,1-2,5-6H2,(H2,22,25). The van der Waals surface area contributed by atoms with E-state index in [0.717, 1.165) is 34.1 Å². The third-order valence-electron chi connectivity index (χ3n) is 4.68. The first-order chi connectivity index (χ1) is 12.6. The molecule has 0 aliphatic heterocycles. The summed E-state index contributed by atoms with van der Waals surface area (Å²) in [6.45, 7) is 0. The van der Waals surface area contributed by atoms with Gasteiger partial charge in [0.2, 0.25) is 0 Å². The van der Waals surface area contributed by atoms with E-state index in [2.05, 4.69) is 31.3 Å². The quantitative estimate of drug-likeness (QED) is 0.443. The van der Waals surface area contributed by atoms with Crippen molar-refractivity contribution in [1.82, 2.24) is 9.61 Å². The number of rotatable bonds is 4. The van der Waals surface area contributed by atoms with Gasteiger partial charge in [0.1, 0.15) is 5.84 Å². The highest BCUT2D eigenvalue weighted by atomic mass is 79.9. The summed E-state index contributed by atoms with van der Waals surface area (Å²) >= 11 is 9.76. The van der Waals surface area contributed by atoms with Crippen molar-refractivity contribution in [3.63, 3.8) is 0 Å². The van der Waals surface area contributed by atoms with Crippen LogP contribution in [0.15, 0.2) is 52.2 Å². The summed E-state index contributed by atoms with van der Waals surface area (Å²) in [5.74, 6) is 0.394. The fourth-order valence-electron chi connectivity index (χ4n) is 3.38. The fourth-order valence-corrected chi connectivity index (χ4v) is 3.97. The first-order valence-corrected chi connectivity index (χ1v) is 9.81. The molecule has 3 N–H and O–H groups in total. The Labute approximate surface area is 165 Å². The third-order valence-corrected chi connectivity index (χ3v) is 5.43. The Morgan fingerprint density at radius 2 is 2.08 bits per heavy atom. The number of anilines is 1. The molecule has 0 bridgehead atoms. The summed E-state index contributed by atoms with van der Waals surface area (Å²) in [6, 6.07) is 9.89. The van der Waals surface area contributed by atoms with Crippen LogP contribution in [0, 0.1) is 0 Å². The van der Waals surface area contributed by atoms with Crippen LogP contribution in [-0.2, 0) is 0 Å². The average Bonchev–Trinajstić information content (AvgIpc) is 3.26. The Morgan fingerprint density at radius 1 is 1.31 bits per heavy atom. The van der Waals surface area contributed by atoms with E-state index >= 15 is 0 Å². The molecule has 3 aromatic rings. The predicted octanol–water partition coefficient (Wildman–Crippen LogP) is 5.14. The number of benzene rings is 1. The highest BCUT2D eigenvalue weighted by Crippen LogP contribution is 2.31. The lowest BCUT2D eigenvalue weighted by atomic mass is 10.1. The lowest BCUT2D eigenvalue weighted by Gasteiger charge is -2.18. The molecule has 26 heavy (non-hydrogen) atoms. The van der Waals surface area contributed by atoms with E-state index < -0.39 is 0 Å². The van der Waals surface area contributed by atoms with E-state index in [1.54, 1.807) is 12.3 Å². The maximum absolute atomic E-state index is 6.36. The van der Waals surface area contributed by atoms with Gasteiger partial charge in [0.05, 0.1) is 33.7 Å². The molecule has 134 valence electrons. The van der Waals surface area contributed by atoms with Crippen LogP contribution in [0.4, 0.5) is 11.4 Å². The summed E-state index contributed by atoms with van der Waals surface area (Å²) in [6.07, 6.45) is 8.52. The van der Waals surface area contributed by atoms with E-state index in [1.165, 1.54) is 12.8 Å². The average molecular weight is 433 g/mol. The molecule has 1 saturated carbocycles. The first kappa shape index (κ1) is 17.4. The van der Waals surface area contributed by atoms with Gasteiger partial charge in [-0.1, -0.05) is 36.6 Å². The summed E-state index contributed by atoms with van der Waals surface area (Å²) < 4.78 is 2.81. The summed E-state index contributed by atoms with van der Waals surface area (Å²) in [7, 11) is 0. The van der Waals surface area contributed by atoms with Crippen LogP contribution in [0.3, 0.4) is 0 Å². The van der Waals surface area contributed by atoms with Gasteiger partial charge in [-0.3, -0.25) is 0 Å². The minimum atomic E-state index is 0.394. The zero-order valence-corrected chi connectivity index (χ0v) is 16.5. The number of amidine groups is 1. The number of fused-ring (bicyclic) bond motifs is 1. The van der Waals surface area contributed by atoms with Crippen molar-refractivity contribution < 1.29 is 0 Å². The summed E-state index contributed by atoms with van der Waals surface area (Å²) in [4.78, 5) is 4.54. The number of nitrogens with zero attached hydrogens (tertiary/aromatic N) is 3. The Kier molecular flexibility index (Phi) is 4.87. The van der Waals surface area contributed by atoms with Crippen molar-refractivity contribution in [3.05, 3.63) is 57.8 Å². The summed E-state index contributed by atoms with van der Waals surface area (Å²) in [5.41, 5.74) is 9.73. The van der Waals surface area contributed by atoms with Crippen LogP contribution in [0.5, 0.6) is 0 Å². The summed E-state index contributed by atoms with van der Waals surface area (Å²) in [5, 5.41) is 8.72. The number of hydrogen-bond donors (Lipinski definition) is 2. The normalized spacial score (nSPS) is 15.7. The second kappa shape index (κ2) is 7.29. The molecule has 5 nitrogen and oxygen atoms in total. The van der Waals surface area contributed by atoms with Gasteiger partial charge in [-0.05, 0) is 47.0 Å². The lowest BCUT2D eigenvalue weighted by Crippen LogP contribution is -2.22. The molecule has 1 aliphatic rings. The molecule has 0 amide bonds. The highest BCUT2D eigenvalue weighted by molar-refractivity contribution is 9.10. The molecule has 2 heterocycles. The second-order valence-corrected chi connectivity index (χ2v) is 7.82. The van der Waals surface area contributed by atoms with Crippen LogP contribution in [-0.4, -0.2) is 21.5 Å². The predicted molar refractivity (Wildman–Crippen MR) is 111 cm³/mol. The Morgan fingerprint density at radius 3 is 2.85 bits per heavy atom. The Hall–Kier alpha value is -2.05. The highest BCUT2D eigenvalue weighted by Gasteiger charge is 2.20. The molecule has 4 rings (SSSR count). The molecule has 0 saturated heterocycles. The molecule has 0 spiro atoms. The van der Waals surface area contributed by atoms with Crippen LogP contribution >= 0.6 is 27.5 Å². The second-order valence-electron chi connectivity index (χ2n) is 6.50. The van der Waals surface area contributed by atoms with Crippen LogP contribution < -0.4 is 11.1 Å². The minimum absolute atomic E-state index is 0.394. The smallest absolute Gasteiger partial charge is 0.135 e. The van der Waals surface area contributed by atoms with Crippen LogP contribution in [0.25, 0.3) is 5.52 Å². The number of para-hydroxylation sites is 1. The minimum Gasteiger partial charge on any atom is -0.383 e. The van der Waals surface area contributed by atoms with Crippen molar-refractivity contribution in [1.29, 1.82) is 0 Å². The molecule has 0 radical (unpaired) electrons. The van der Waals surface area contributed by atoms with Gasteiger partial charge in [0.15, 0.2) is 0 Å². The van der Waals surface area contributed by atoms with Crippen molar-refractivity contribution >= 4 is 50.3 Å². The molecule has 2 aromatic heterocycles. The molecule has 1 aliphatic carbocycles. The van der Waals surface area contributed by atoms with Gasteiger partial charge in [-0.25, -0.2) is 9.51 Å². The molecule has 0 unspecified atom stereocenters. The van der Waals surface area contributed by atoms with E-state index in [-0.39, 0.29) is 0 Å². The number of nitrogens with one attached hydrogen (secondary N) is 1. The van der Waals surface area contributed by atoms with Gasteiger partial charge < -0.3 is 11.1 Å². The molecule has 7 heteroatoms. The van der Waals surface area contributed by atoms with Crippen molar-refractivity contribution in [2.45, 2.75) is 31.7 Å². The maximum Gasteiger partial charge on any atom is 0.135 e. The molecule has 1 fully saturated rings. The Balaban J connectivity index is 1.81. The SMILES string of the molecule is N/C(=N\c1ccccc1Cl)c1cnn2cc(Br)cc2c1NC1CCCC1. The number of hydrogen-bond acceptors (Lipinski definition) is 3. The fraction of sp³-hybridized carbons (Fsp3) is 0.263. The number of aliphatic imine (C=N–C) groups is 1. The van der Waals surface area contributed by atoms with E-state index in [1.807, 2.05) is 35.0 Å². The number of aromatic nitrogens is 2. The van der Waals surface area contributed by atoms with Gasteiger partial charge in [0, 0.05) is 16.7 Å². The van der Waals surface area contributed by atoms with E-state index in [4.69, 9.17) is 17.3 Å². The zero-order chi connectivity index (χ0) is 18.1. The Bertz CT molecular complexity index is 975. The monoisotopic (exact) mass is 431 g/mol. The zero-order valence-electron chi connectivity index (χ0n) is 14.1.